The Hall–Kier alpha value is -2.96. The van der Waals surface area contributed by atoms with Crippen molar-refractivity contribution < 1.29 is 4.79 Å². The van der Waals surface area contributed by atoms with Gasteiger partial charge in [0.15, 0.2) is 0 Å². The molecule has 1 aliphatic rings. The number of carbonyl (C=O) groups excluding carboxylic acids is 1. The Morgan fingerprint density at radius 2 is 2.08 bits per heavy atom. The number of hydrogen-bond donors (Lipinski definition) is 2. The van der Waals surface area contributed by atoms with E-state index in [4.69, 9.17) is 0 Å². The van der Waals surface area contributed by atoms with Crippen LogP contribution in [-0.2, 0) is 19.4 Å². The molecular weight excluding hydrogens is 316 g/mol. The van der Waals surface area contributed by atoms with Crippen LogP contribution in [0.2, 0.25) is 0 Å². The Balaban J connectivity index is 1.52. The molecule has 0 unspecified atom stereocenters. The Bertz CT molecular complexity index is 868. The van der Waals surface area contributed by atoms with E-state index in [2.05, 4.69) is 25.6 Å². The first-order valence-electron chi connectivity index (χ1n) is 8.60. The number of H-pyrrole nitrogens is 1. The SMILES string of the molecule is O=C(NCc1n[nH]c2c1CCCCC2)c1ccccc1-n1cncn1. The van der Waals surface area contributed by atoms with Crippen molar-refractivity contribution in [3.8, 4) is 5.69 Å². The Labute approximate surface area is 145 Å². The first-order chi connectivity index (χ1) is 12.3. The highest BCUT2D eigenvalue weighted by Gasteiger charge is 2.17. The molecular formula is C18H20N6O. The van der Waals surface area contributed by atoms with Gasteiger partial charge in [-0.3, -0.25) is 9.89 Å². The van der Waals surface area contributed by atoms with Gasteiger partial charge < -0.3 is 5.32 Å². The summed E-state index contributed by atoms with van der Waals surface area (Å²) in [7, 11) is 0. The zero-order valence-corrected chi connectivity index (χ0v) is 13.9. The maximum Gasteiger partial charge on any atom is 0.253 e. The lowest BCUT2D eigenvalue weighted by molar-refractivity contribution is 0.0950. The largest absolute Gasteiger partial charge is 0.346 e. The third kappa shape index (κ3) is 3.17. The van der Waals surface area contributed by atoms with Crippen LogP contribution in [-0.4, -0.2) is 30.9 Å². The lowest BCUT2D eigenvalue weighted by Crippen LogP contribution is -2.25. The van der Waals surface area contributed by atoms with Crippen LogP contribution in [0, 0.1) is 0 Å². The fourth-order valence-corrected chi connectivity index (χ4v) is 3.33. The zero-order chi connectivity index (χ0) is 17.1. The van der Waals surface area contributed by atoms with E-state index in [1.165, 1.54) is 36.8 Å². The molecule has 0 bridgehead atoms. The molecule has 0 radical (unpaired) electrons. The number of fused-ring (bicyclic) bond motifs is 1. The molecule has 1 aromatic carbocycles. The molecule has 4 rings (SSSR count). The predicted molar refractivity (Wildman–Crippen MR) is 92.4 cm³/mol. The normalized spacial score (nSPS) is 13.9. The fraction of sp³-hybridized carbons (Fsp3) is 0.333. The van der Waals surface area contributed by atoms with Crippen molar-refractivity contribution in [3.05, 3.63) is 59.4 Å². The van der Waals surface area contributed by atoms with E-state index in [1.807, 2.05) is 18.2 Å². The molecule has 7 heteroatoms. The molecule has 2 N–H and O–H groups in total. The summed E-state index contributed by atoms with van der Waals surface area (Å²) in [6.07, 6.45) is 8.75. The van der Waals surface area contributed by atoms with Crippen LogP contribution in [0.5, 0.6) is 0 Å². The summed E-state index contributed by atoms with van der Waals surface area (Å²) in [6, 6.07) is 7.36. The number of hydrogen-bond acceptors (Lipinski definition) is 4. The van der Waals surface area contributed by atoms with Crippen LogP contribution in [0.1, 0.15) is 46.6 Å². The monoisotopic (exact) mass is 336 g/mol. The summed E-state index contributed by atoms with van der Waals surface area (Å²) in [6.45, 7) is 0.427. The van der Waals surface area contributed by atoms with Crippen molar-refractivity contribution in [2.24, 2.45) is 0 Å². The topological polar surface area (TPSA) is 88.5 Å². The highest BCUT2D eigenvalue weighted by Crippen LogP contribution is 2.21. The molecule has 128 valence electrons. The summed E-state index contributed by atoms with van der Waals surface area (Å²) in [5.41, 5.74) is 4.73. The third-order valence-electron chi connectivity index (χ3n) is 4.62. The lowest BCUT2D eigenvalue weighted by atomic mass is 10.1. The highest BCUT2D eigenvalue weighted by atomic mass is 16.1. The molecule has 2 aromatic heterocycles. The number of benzene rings is 1. The Kier molecular flexibility index (Phi) is 4.28. The maximum atomic E-state index is 12.7. The van der Waals surface area contributed by atoms with Crippen LogP contribution >= 0.6 is 0 Å². The lowest BCUT2D eigenvalue weighted by Gasteiger charge is -2.10. The molecule has 0 spiro atoms. The van der Waals surface area contributed by atoms with Crippen LogP contribution in [0.3, 0.4) is 0 Å². The van der Waals surface area contributed by atoms with E-state index >= 15 is 0 Å². The van der Waals surface area contributed by atoms with Crippen LogP contribution < -0.4 is 5.32 Å². The van der Waals surface area contributed by atoms with Gasteiger partial charge >= 0.3 is 0 Å². The second-order valence-electron chi connectivity index (χ2n) is 6.23. The number of nitrogens with zero attached hydrogens (tertiary/aromatic N) is 4. The molecule has 7 nitrogen and oxygen atoms in total. The van der Waals surface area contributed by atoms with Gasteiger partial charge in [-0.1, -0.05) is 18.6 Å². The van der Waals surface area contributed by atoms with E-state index in [9.17, 15) is 4.79 Å². The van der Waals surface area contributed by atoms with Gasteiger partial charge in [0.2, 0.25) is 0 Å². The van der Waals surface area contributed by atoms with Crippen molar-refractivity contribution in [1.29, 1.82) is 0 Å². The molecule has 0 aliphatic heterocycles. The summed E-state index contributed by atoms with van der Waals surface area (Å²) in [5.74, 6) is -0.142. The molecule has 0 fully saturated rings. The first kappa shape index (κ1) is 15.6. The number of para-hydroxylation sites is 1. The van der Waals surface area contributed by atoms with Gasteiger partial charge in [-0.2, -0.15) is 10.2 Å². The van der Waals surface area contributed by atoms with Crippen molar-refractivity contribution in [3.63, 3.8) is 0 Å². The second kappa shape index (κ2) is 6.88. The standard InChI is InChI=1S/C18H20N6O/c25-18(14-7-4-5-9-17(14)24-12-19-11-21-24)20-10-16-13-6-2-1-3-8-15(13)22-23-16/h4-5,7,9,11-12H,1-3,6,8,10H2,(H,20,25)(H,22,23). The van der Waals surface area contributed by atoms with Crippen molar-refractivity contribution in [2.45, 2.75) is 38.6 Å². The number of aryl methyl sites for hydroxylation is 1. The molecule has 25 heavy (non-hydrogen) atoms. The van der Waals surface area contributed by atoms with Gasteiger partial charge in [-0.25, -0.2) is 9.67 Å². The molecule has 1 aliphatic carbocycles. The minimum atomic E-state index is -0.142. The Morgan fingerprint density at radius 3 is 2.96 bits per heavy atom. The van der Waals surface area contributed by atoms with Crippen molar-refractivity contribution >= 4 is 5.91 Å². The average molecular weight is 336 g/mol. The molecule has 0 atom stereocenters. The van der Waals surface area contributed by atoms with Crippen LogP contribution in [0.25, 0.3) is 5.69 Å². The van der Waals surface area contributed by atoms with Crippen LogP contribution in [0.15, 0.2) is 36.9 Å². The van der Waals surface area contributed by atoms with E-state index < -0.39 is 0 Å². The number of nitrogens with one attached hydrogen (secondary N) is 2. The predicted octanol–water partition coefficient (Wildman–Crippen LogP) is 2.19. The van der Waals surface area contributed by atoms with Crippen molar-refractivity contribution in [1.82, 2.24) is 30.3 Å². The maximum absolute atomic E-state index is 12.7. The molecule has 0 saturated carbocycles. The van der Waals surface area contributed by atoms with E-state index in [-0.39, 0.29) is 5.91 Å². The smallest absolute Gasteiger partial charge is 0.253 e. The van der Waals surface area contributed by atoms with Gasteiger partial charge in [0.1, 0.15) is 12.7 Å². The van der Waals surface area contributed by atoms with Crippen LogP contribution in [0.4, 0.5) is 0 Å². The van der Waals surface area contributed by atoms with Gasteiger partial charge in [0, 0.05) is 5.69 Å². The summed E-state index contributed by atoms with van der Waals surface area (Å²) >= 11 is 0. The summed E-state index contributed by atoms with van der Waals surface area (Å²) in [4.78, 5) is 16.6. The number of aromatic amines is 1. The van der Waals surface area contributed by atoms with E-state index in [0.29, 0.717) is 17.8 Å². The zero-order valence-electron chi connectivity index (χ0n) is 13.9. The molecule has 2 heterocycles. The first-order valence-corrected chi connectivity index (χ1v) is 8.60. The van der Waals surface area contributed by atoms with Crippen molar-refractivity contribution in [2.75, 3.05) is 0 Å². The minimum absolute atomic E-state index is 0.142. The number of carbonyl (C=O) groups is 1. The number of amides is 1. The number of aromatic nitrogens is 5. The van der Waals surface area contributed by atoms with E-state index in [1.54, 1.807) is 17.1 Å². The summed E-state index contributed by atoms with van der Waals surface area (Å²) in [5, 5.41) is 14.7. The summed E-state index contributed by atoms with van der Waals surface area (Å²) < 4.78 is 1.59. The molecule has 0 saturated heterocycles. The fourth-order valence-electron chi connectivity index (χ4n) is 3.33. The molecule has 3 aromatic rings. The Morgan fingerprint density at radius 1 is 1.20 bits per heavy atom. The average Bonchev–Trinajstić information content (AvgIpc) is 3.25. The molecule has 1 amide bonds. The van der Waals surface area contributed by atoms with Gasteiger partial charge in [-0.05, 0) is 43.4 Å². The second-order valence-corrected chi connectivity index (χ2v) is 6.23. The minimum Gasteiger partial charge on any atom is -0.346 e. The third-order valence-corrected chi connectivity index (χ3v) is 4.62. The quantitative estimate of drug-likeness (QED) is 0.715. The van der Waals surface area contributed by atoms with Gasteiger partial charge in [-0.15, -0.1) is 0 Å². The number of rotatable bonds is 4. The van der Waals surface area contributed by atoms with E-state index in [0.717, 1.165) is 18.5 Å². The van der Waals surface area contributed by atoms with Gasteiger partial charge in [0.05, 0.1) is 23.5 Å². The highest BCUT2D eigenvalue weighted by molar-refractivity contribution is 5.97. The van der Waals surface area contributed by atoms with Gasteiger partial charge in [0.25, 0.3) is 5.91 Å².